The summed E-state index contributed by atoms with van der Waals surface area (Å²) in [6, 6.07) is -0.696. The Morgan fingerprint density at radius 2 is 1.85 bits per heavy atom. The Morgan fingerprint density at radius 3 is 2.38 bits per heavy atom. The fraction of sp³-hybridized carbons (Fsp3) is 0.900. The van der Waals surface area contributed by atoms with Crippen molar-refractivity contribution in [3.63, 3.8) is 0 Å². The number of cyclic esters (lactones) is 1. The first-order valence-corrected chi connectivity index (χ1v) is 9.87. The summed E-state index contributed by atoms with van der Waals surface area (Å²) in [6.45, 7) is 14.2. The minimum atomic E-state index is -0.781. The fourth-order valence-electron chi connectivity index (χ4n) is 5.58. The van der Waals surface area contributed by atoms with Crippen LogP contribution >= 0.6 is 0 Å². The van der Waals surface area contributed by atoms with Gasteiger partial charge in [-0.1, -0.05) is 41.5 Å². The summed E-state index contributed by atoms with van der Waals surface area (Å²) in [5.74, 6) is -0.942. The van der Waals surface area contributed by atoms with Gasteiger partial charge in [0.15, 0.2) is 6.23 Å². The molecule has 0 bridgehead atoms. The number of carbonyl (C=O) groups excluding carboxylic acids is 1. The minimum absolute atomic E-state index is 0.161. The van der Waals surface area contributed by atoms with Crippen LogP contribution in [0.25, 0.3) is 0 Å². The average Bonchev–Trinajstić information content (AvgIpc) is 3.14. The van der Waals surface area contributed by atoms with Crippen molar-refractivity contribution >= 4 is 11.9 Å². The molecule has 0 aromatic carbocycles. The molecule has 3 aliphatic rings. The molecule has 6 nitrogen and oxygen atoms in total. The van der Waals surface area contributed by atoms with Crippen molar-refractivity contribution in [2.45, 2.75) is 91.1 Å². The first-order chi connectivity index (χ1) is 11.9. The van der Waals surface area contributed by atoms with E-state index < -0.39 is 17.6 Å². The molecule has 0 aromatic rings. The quantitative estimate of drug-likeness (QED) is 0.775. The number of ether oxygens (including phenoxy) is 1. The lowest BCUT2D eigenvalue weighted by molar-refractivity contribution is -0.155. The van der Waals surface area contributed by atoms with E-state index in [4.69, 9.17) is 4.74 Å². The number of hydrogen-bond donors (Lipinski definition) is 1. The highest BCUT2D eigenvalue weighted by Gasteiger charge is 2.67. The maximum Gasteiger partial charge on any atom is 0.329 e. The second kappa shape index (κ2) is 6.20. The summed E-state index contributed by atoms with van der Waals surface area (Å²) in [6.07, 6.45) is 2.93. The van der Waals surface area contributed by atoms with Crippen LogP contribution in [0.3, 0.4) is 0 Å². The first kappa shape index (κ1) is 19.6. The van der Waals surface area contributed by atoms with Gasteiger partial charge in [-0.15, -0.1) is 0 Å². The Labute approximate surface area is 156 Å². The van der Waals surface area contributed by atoms with E-state index in [0.717, 1.165) is 32.4 Å². The predicted octanol–water partition coefficient (Wildman–Crippen LogP) is 2.71. The van der Waals surface area contributed by atoms with Crippen LogP contribution in [-0.2, 0) is 14.3 Å². The number of aliphatic carboxylic acids is 1. The lowest BCUT2D eigenvalue weighted by atomic mass is 9.71. The molecule has 26 heavy (non-hydrogen) atoms. The topological polar surface area (TPSA) is 70.1 Å². The Morgan fingerprint density at radius 1 is 1.19 bits per heavy atom. The van der Waals surface area contributed by atoms with E-state index >= 15 is 0 Å². The zero-order valence-electron chi connectivity index (χ0n) is 17.0. The zero-order valence-corrected chi connectivity index (χ0v) is 17.0. The van der Waals surface area contributed by atoms with Gasteiger partial charge in [0, 0.05) is 18.0 Å². The maximum absolute atomic E-state index is 13.3. The van der Waals surface area contributed by atoms with E-state index in [2.05, 4.69) is 51.3 Å². The monoisotopic (exact) mass is 366 g/mol. The minimum Gasteiger partial charge on any atom is -0.480 e. The predicted molar refractivity (Wildman–Crippen MR) is 98.6 cm³/mol. The molecule has 1 N–H and O–H groups in total. The molecule has 0 amide bonds. The summed E-state index contributed by atoms with van der Waals surface area (Å²) in [5, 5.41) is 9.75. The van der Waals surface area contributed by atoms with Crippen molar-refractivity contribution in [1.82, 2.24) is 9.80 Å². The summed E-state index contributed by atoms with van der Waals surface area (Å²) in [4.78, 5) is 29.5. The van der Waals surface area contributed by atoms with Gasteiger partial charge in [0.25, 0.3) is 0 Å². The summed E-state index contributed by atoms with van der Waals surface area (Å²) in [5.41, 5.74) is -1.16. The third-order valence-electron chi connectivity index (χ3n) is 6.25. The van der Waals surface area contributed by atoms with Crippen molar-refractivity contribution in [3.05, 3.63) is 0 Å². The number of esters is 1. The van der Waals surface area contributed by atoms with Gasteiger partial charge >= 0.3 is 11.9 Å². The van der Waals surface area contributed by atoms with Crippen LogP contribution in [0, 0.1) is 10.8 Å². The second-order valence-electron chi connectivity index (χ2n) is 10.3. The average molecular weight is 367 g/mol. The number of carbonyl (C=O) groups is 2. The molecule has 4 atom stereocenters. The number of nitrogens with zero attached hydrogens (tertiary/aromatic N) is 2. The molecule has 0 radical (unpaired) electrons. The number of rotatable bonds is 3. The largest absolute Gasteiger partial charge is 0.480 e. The van der Waals surface area contributed by atoms with Crippen molar-refractivity contribution in [2.75, 3.05) is 13.1 Å². The summed E-state index contributed by atoms with van der Waals surface area (Å²) < 4.78 is 5.94. The van der Waals surface area contributed by atoms with Gasteiger partial charge in [0.2, 0.25) is 0 Å². The van der Waals surface area contributed by atoms with E-state index in [0.29, 0.717) is 6.42 Å². The van der Waals surface area contributed by atoms with Gasteiger partial charge in [0.05, 0.1) is 0 Å². The molecule has 3 aliphatic heterocycles. The van der Waals surface area contributed by atoms with Crippen LogP contribution in [0.4, 0.5) is 0 Å². The number of carboxylic acid groups (broad SMARTS) is 1. The molecular formula is C20H34N2O4. The molecule has 3 heterocycles. The molecule has 6 heteroatoms. The number of carboxylic acids is 1. The second-order valence-corrected chi connectivity index (χ2v) is 10.3. The van der Waals surface area contributed by atoms with E-state index in [9.17, 15) is 14.7 Å². The standard InChI is InChI=1S/C20H34N2O4/c1-18(2,3)15(21-11-7-9-13(21)14(23)24)20-10-8-12-22(20)16(19(4,5)6)26-17(20)25/h13,15-16H,7-12H2,1-6H3,(H,23,24)/t13-,15+,16+,20+/m0/s1. The van der Waals surface area contributed by atoms with Crippen molar-refractivity contribution in [1.29, 1.82) is 0 Å². The molecule has 0 unspecified atom stereocenters. The lowest BCUT2D eigenvalue weighted by Gasteiger charge is -2.50. The van der Waals surface area contributed by atoms with Crippen LogP contribution < -0.4 is 0 Å². The highest BCUT2D eigenvalue weighted by molar-refractivity contribution is 5.85. The molecule has 148 valence electrons. The molecule has 0 saturated carbocycles. The zero-order chi connectivity index (χ0) is 19.5. The molecule has 3 rings (SSSR count). The number of likely N-dealkylation sites (tertiary alicyclic amines) is 1. The summed E-state index contributed by atoms with van der Waals surface area (Å²) >= 11 is 0. The van der Waals surface area contributed by atoms with E-state index in [-0.39, 0.29) is 29.1 Å². The van der Waals surface area contributed by atoms with Gasteiger partial charge in [-0.05, 0) is 37.6 Å². The van der Waals surface area contributed by atoms with Crippen molar-refractivity contribution < 1.29 is 19.4 Å². The normalized spacial score (nSPS) is 34.8. The van der Waals surface area contributed by atoms with Crippen LogP contribution in [0.15, 0.2) is 0 Å². The maximum atomic E-state index is 13.3. The van der Waals surface area contributed by atoms with Gasteiger partial charge in [0.1, 0.15) is 11.6 Å². The third-order valence-corrected chi connectivity index (χ3v) is 6.25. The molecule has 0 spiro atoms. The van der Waals surface area contributed by atoms with Crippen LogP contribution in [0.2, 0.25) is 0 Å². The highest BCUT2D eigenvalue weighted by Crippen LogP contribution is 2.51. The Bertz CT molecular complexity index is 592. The molecule has 3 fully saturated rings. The molecule has 0 aliphatic carbocycles. The smallest absolute Gasteiger partial charge is 0.329 e. The summed E-state index contributed by atoms with van der Waals surface area (Å²) in [7, 11) is 0. The lowest BCUT2D eigenvalue weighted by Crippen LogP contribution is -2.67. The van der Waals surface area contributed by atoms with E-state index in [1.54, 1.807) is 0 Å². The van der Waals surface area contributed by atoms with Crippen molar-refractivity contribution in [2.24, 2.45) is 10.8 Å². The third kappa shape index (κ3) is 2.85. The highest BCUT2D eigenvalue weighted by atomic mass is 16.6. The molecule has 0 aromatic heterocycles. The Hall–Kier alpha value is -1.14. The van der Waals surface area contributed by atoms with Crippen LogP contribution in [0.1, 0.15) is 67.2 Å². The molecule has 3 saturated heterocycles. The van der Waals surface area contributed by atoms with Gasteiger partial charge in [-0.25, -0.2) is 4.79 Å². The Kier molecular flexibility index (Phi) is 4.67. The van der Waals surface area contributed by atoms with Gasteiger partial charge in [-0.2, -0.15) is 0 Å². The van der Waals surface area contributed by atoms with Crippen LogP contribution in [0.5, 0.6) is 0 Å². The van der Waals surface area contributed by atoms with Gasteiger partial charge in [-0.3, -0.25) is 14.6 Å². The molecular weight excluding hydrogens is 332 g/mol. The first-order valence-electron chi connectivity index (χ1n) is 9.87. The SMILES string of the molecule is CC(C)(C)[C@@H](N1CCC[C@H]1C(=O)O)[C@@]12CCCN1[C@@H](C(C)(C)C)OC2=O. The van der Waals surface area contributed by atoms with E-state index in [1.807, 2.05) is 0 Å². The number of hydrogen-bond acceptors (Lipinski definition) is 5. The number of fused-ring (bicyclic) bond motifs is 1. The Balaban J connectivity index is 2.09. The van der Waals surface area contributed by atoms with E-state index in [1.165, 1.54) is 0 Å². The van der Waals surface area contributed by atoms with Gasteiger partial charge < -0.3 is 9.84 Å². The van der Waals surface area contributed by atoms with Crippen molar-refractivity contribution in [3.8, 4) is 0 Å². The van der Waals surface area contributed by atoms with Crippen LogP contribution in [-0.4, -0.2) is 63.8 Å². The fourth-order valence-corrected chi connectivity index (χ4v) is 5.58.